The van der Waals surface area contributed by atoms with E-state index in [1.807, 2.05) is 19.9 Å². The number of anilines is 1. The summed E-state index contributed by atoms with van der Waals surface area (Å²) in [6, 6.07) is 3.64. The molecule has 0 bridgehead atoms. The summed E-state index contributed by atoms with van der Waals surface area (Å²) in [7, 11) is 0. The highest BCUT2D eigenvalue weighted by Gasteiger charge is 2.21. The molecule has 0 aliphatic heterocycles. The van der Waals surface area contributed by atoms with Crippen molar-refractivity contribution < 1.29 is 9.53 Å². The lowest BCUT2D eigenvalue weighted by molar-refractivity contribution is 0.0494. The number of carbonyl (C=O) groups is 1. The van der Waals surface area contributed by atoms with Gasteiger partial charge in [-0.1, -0.05) is 18.9 Å². The van der Waals surface area contributed by atoms with Gasteiger partial charge in [-0.2, -0.15) is 0 Å². The van der Waals surface area contributed by atoms with E-state index in [4.69, 9.17) is 10.5 Å². The molecule has 3 nitrogen and oxygen atoms in total. The van der Waals surface area contributed by atoms with Crippen LogP contribution in [0.1, 0.15) is 40.7 Å². The first kappa shape index (κ1) is 12.0. The molecule has 0 heterocycles. The van der Waals surface area contributed by atoms with Gasteiger partial charge in [-0.25, -0.2) is 4.79 Å². The average Bonchev–Trinajstić information content (AvgIpc) is 3.07. The second-order valence-corrected chi connectivity index (χ2v) is 4.89. The number of aryl methyl sites for hydroxylation is 2. The minimum absolute atomic E-state index is 0.255. The van der Waals surface area contributed by atoms with Crippen LogP contribution in [0.3, 0.4) is 0 Å². The Hall–Kier alpha value is -1.51. The maximum Gasteiger partial charge on any atom is 0.338 e. The molecule has 0 atom stereocenters. The van der Waals surface area contributed by atoms with Crippen molar-refractivity contribution in [2.45, 2.75) is 33.1 Å². The Labute approximate surface area is 102 Å². The number of ether oxygens (including phenoxy) is 1. The number of rotatable bonds is 4. The van der Waals surface area contributed by atoms with E-state index in [1.165, 1.54) is 12.8 Å². The molecule has 0 amide bonds. The number of hydrogen-bond acceptors (Lipinski definition) is 3. The van der Waals surface area contributed by atoms with Crippen molar-refractivity contribution in [2.75, 3.05) is 12.3 Å². The SMILES string of the molecule is Cc1cc(C)c(C(=O)OCCC2CC2)cc1N. The lowest BCUT2D eigenvalue weighted by Gasteiger charge is -2.09. The van der Waals surface area contributed by atoms with Gasteiger partial charge < -0.3 is 10.5 Å². The third-order valence-corrected chi connectivity index (χ3v) is 3.29. The fourth-order valence-corrected chi connectivity index (χ4v) is 1.89. The molecule has 92 valence electrons. The quantitative estimate of drug-likeness (QED) is 0.642. The summed E-state index contributed by atoms with van der Waals surface area (Å²) in [6.07, 6.45) is 3.56. The fraction of sp³-hybridized carbons (Fsp3) is 0.500. The Morgan fingerprint density at radius 1 is 1.35 bits per heavy atom. The Morgan fingerprint density at radius 3 is 2.71 bits per heavy atom. The molecule has 0 unspecified atom stereocenters. The van der Waals surface area contributed by atoms with Gasteiger partial charge >= 0.3 is 5.97 Å². The number of benzene rings is 1. The van der Waals surface area contributed by atoms with E-state index in [9.17, 15) is 4.79 Å². The van der Waals surface area contributed by atoms with Crippen molar-refractivity contribution in [3.05, 3.63) is 28.8 Å². The molecule has 1 fully saturated rings. The zero-order chi connectivity index (χ0) is 12.4. The lowest BCUT2D eigenvalue weighted by atomic mass is 10.0. The summed E-state index contributed by atoms with van der Waals surface area (Å²) in [4.78, 5) is 11.9. The molecule has 1 aliphatic carbocycles. The maximum atomic E-state index is 11.9. The predicted octanol–water partition coefficient (Wildman–Crippen LogP) is 2.84. The van der Waals surface area contributed by atoms with Gasteiger partial charge in [0.05, 0.1) is 12.2 Å². The van der Waals surface area contributed by atoms with E-state index in [-0.39, 0.29) is 5.97 Å². The highest BCUT2D eigenvalue weighted by Crippen LogP contribution is 2.32. The molecule has 2 N–H and O–H groups in total. The second kappa shape index (κ2) is 4.78. The molecule has 0 spiro atoms. The molecular formula is C14H19NO2. The first-order valence-corrected chi connectivity index (χ1v) is 6.12. The molecule has 1 saturated carbocycles. The van der Waals surface area contributed by atoms with Crippen molar-refractivity contribution in [1.82, 2.24) is 0 Å². The van der Waals surface area contributed by atoms with Crippen LogP contribution in [-0.2, 0) is 4.74 Å². The number of nitrogens with two attached hydrogens (primary N) is 1. The van der Waals surface area contributed by atoms with E-state index < -0.39 is 0 Å². The normalized spacial score (nSPS) is 14.7. The van der Waals surface area contributed by atoms with Gasteiger partial charge in [-0.3, -0.25) is 0 Å². The number of esters is 1. The summed E-state index contributed by atoms with van der Waals surface area (Å²) in [6.45, 7) is 4.37. The molecular weight excluding hydrogens is 214 g/mol. The Balaban J connectivity index is 1.99. The molecule has 1 aromatic rings. The molecule has 1 aromatic carbocycles. The zero-order valence-corrected chi connectivity index (χ0v) is 10.5. The predicted molar refractivity (Wildman–Crippen MR) is 68.0 cm³/mol. The summed E-state index contributed by atoms with van der Waals surface area (Å²) >= 11 is 0. The van der Waals surface area contributed by atoms with E-state index >= 15 is 0 Å². The molecule has 17 heavy (non-hydrogen) atoms. The van der Waals surface area contributed by atoms with Gasteiger partial charge in [0.2, 0.25) is 0 Å². The van der Waals surface area contributed by atoms with Crippen LogP contribution in [0.2, 0.25) is 0 Å². The van der Waals surface area contributed by atoms with Crippen molar-refractivity contribution in [3.63, 3.8) is 0 Å². The standard InChI is InChI=1S/C14H19NO2/c1-9-7-10(2)13(15)8-12(9)14(16)17-6-5-11-3-4-11/h7-8,11H,3-6,15H2,1-2H3. The molecule has 0 saturated heterocycles. The molecule has 0 aromatic heterocycles. The monoisotopic (exact) mass is 233 g/mol. The molecule has 3 heteroatoms. The van der Waals surface area contributed by atoms with Crippen LogP contribution in [0.25, 0.3) is 0 Å². The first-order chi connectivity index (χ1) is 8.08. The van der Waals surface area contributed by atoms with Gasteiger partial charge in [0, 0.05) is 5.69 Å². The third-order valence-electron chi connectivity index (χ3n) is 3.29. The highest BCUT2D eigenvalue weighted by atomic mass is 16.5. The van der Waals surface area contributed by atoms with Crippen LogP contribution >= 0.6 is 0 Å². The number of hydrogen-bond donors (Lipinski definition) is 1. The van der Waals surface area contributed by atoms with E-state index in [0.29, 0.717) is 17.9 Å². The average molecular weight is 233 g/mol. The van der Waals surface area contributed by atoms with Crippen molar-refractivity contribution in [3.8, 4) is 0 Å². The van der Waals surface area contributed by atoms with Crippen molar-refractivity contribution in [1.29, 1.82) is 0 Å². The number of carbonyl (C=O) groups excluding carboxylic acids is 1. The number of nitrogen functional groups attached to an aromatic ring is 1. The van der Waals surface area contributed by atoms with Crippen molar-refractivity contribution in [2.24, 2.45) is 5.92 Å². The van der Waals surface area contributed by atoms with Crippen molar-refractivity contribution >= 4 is 11.7 Å². The van der Waals surface area contributed by atoms with Crippen LogP contribution in [0.4, 0.5) is 5.69 Å². The van der Waals surface area contributed by atoms with Gasteiger partial charge in [-0.15, -0.1) is 0 Å². The summed E-state index contributed by atoms with van der Waals surface area (Å²) in [5.41, 5.74) is 8.96. The highest BCUT2D eigenvalue weighted by molar-refractivity contribution is 5.92. The smallest absolute Gasteiger partial charge is 0.338 e. The third kappa shape index (κ3) is 2.99. The van der Waals surface area contributed by atoms with Crippen LogP contribution in [-0.4, -0.2) is 12.6 Å². The molecule has 2 rings (SSSR count). The summed E-state index contributed by atoms with van der Waals surface area (Å²) in [5.74, 6) is 0.529. The Kier molecular flexibility index (Phi) is 3.36. The summed E-state index contributed by atoms with van der Waals surface area (Å²) < 4.78 is 5.26. The second-order valence-electron chi connectivity index (χ2n) is 4.89. The zero-order valence-electron chi connectivity index (χ0n) is 10.5. The van der Waals surface area contributed by atoms with Crippen LogP contribution in [0, 0.1) is 19.8 Å². The minimum atomic E-state index is -0.255. The summed E-state index contributed by atoms with van der Waals surface area (Å²) in [5, 5.41) is 0. The Bertz CT molecular complexity index is 436. The molecule has 1 aliphatic rings. The lowest BCUT2D eigenvalue weighted by Crippen LogP contribution is -2.09. The van der Waals surface area contributed by atoms with E-state index in [2.05, 4.69) is 0 Å². The van der Waals surface area contributed by atoms with Gasteiger partial charge in [-0.05, 0) is 43.4 Å². The van der Waals surface area contributed by atoms with Crippen LogP contribution < -0.4 is 5.73 Å². The van der Waals surface area contributed by atoms with Crippen LogP contribution in [0.15, 0.2) is 12.1 Å². The molecule has 0 radical (unpaired) electrons. The van der Waals surface area contributed by atoms with E-state index in [1.54, 1.807) is 6.07 Å². The van der Waals surface area contributed by atoms with Crippen LogP contribution in [0.5, 0.6) is 0 Å². The minimum Gasteiger partial charge on any atom is -0.462 e. The topological polar surface area (TPSA) is 52.3 Å². The largest absolute Gasteiger partial charge is 0.462 e. The maximum absolute atomic E-state index is 11.9. The van der Waals surface area contributed by atoms with Gasteiger partial charge in [0.25, 0.3) is 0 Å². The first-order valence-electron chi connectivity index (χ1n) is 6.12. The van der Waals surface area contributed by atoms with E-state index in [0.717, 1.165) is 23.5 Å². The fourth-order valence-electron chi connectivity index (χ4n) is 1.89. The Morgan fingerprint density at radius 2 is 2.06 bits per heavy atom. The van der Waals surface area contributed by atoms with Gasteiger partial charge in [0.15, 0.2) is 0 Å². The van der Waals surface area contributed by atoms with Gasteiger partial charge in [0.1, 0.15) is 0 Å².